The lowest BCUT2D eigenvalue weighted by atomic mass is 10.1. The molecule has 0 aliphatic carbocycles. The predicted octanol–water partition coefficient (Wildman–Crippen LogP) is 4.39. The van der Waals surface area contributed by atoms with E-state index in [9.17, 15) is 9.59 Å². The summed E-state index contributed by atoms with van der Waals surface area (Å²) in [6.45, 7) is 0.425. The zero-order valence-electron chi connectivity index (χ0n) is 14.6. The summed E-state index contributed by atoms with van der Waals surface area (Å²) in [6, 6.07) is 18.5. The van der Waals surface area contributed by atoms with Gasteiger partial charge in [-0.15, -0.1) is 0 Å². The fraction of sp³-hybridized carbons (Fsp3) is 0.143. The van der Waals surface area contributed by atoms with E-state index in [1.807, 2.05) is 42.5 Å². The van der Waals surface area contributed by atoms with E-state index in [1.54, 1.807) is 6.07 Å². The molecule has 3 aromatic carbocycles. The summed E-state index contributed by atoms with van der Waals surface area (Å²) in [5.41, 5.74) is 5.91. The number of hydrogen-bond donors (Lipinski definition) is 2. The Morgan fingerprint density at radius 1 is 1.04 bits per heavy atom. The third kappa shape index (κ3) is 4.77. The lowest BCUT2D eigenvalue weighted by molar-refractivity contribution is -0.116. The molecule has 0 fully saturated rings. The molecule has 5 nitrogen and oxygen atoms in total. The number of carbonyl (C=O) groups excluding carboxylic acids is 2. The highest BCUT2D eigenvalue weighted by molar-refractivity contribution is 6.34. The largest absolute Gasteiger partial charge is 0.493 e. The average Bonchev–Trinajstić information content (AvgIpc) is 2.66. The van der Waals surface area contributed by atoms with Gasteiger partial charge in [-0.1, -0.05) is 48.0 Å². The van der Waals surface area contributed by atoms with Gasteiger partial charge in [0.2, 0.25) is 11.8 Å². The molecule has 3 N–H and O–H groups in total. The van der Waals surface area contributed by atoms with Crippen LogP contribution >= 0.6 is 11.6 Å². The van der Waals surface area contributed by atoms with Crippen molar-refractivity contribution >= 4 is 39.9 Å². The molecule has 0 atom stereocenters. The van der Waals surface area contributed by atoms with Gasteiger partial charge >= 0.3 is 0 Å². The minimum Gasteiger partial charge on any atom is -0.493 e. The Balaban J connectivity index is 1.51. The number of carbonyl (C=O) groups is 2. The normalized spacial score (nSPS) is 10.6. The Bertz CT molecular complexity index is 983. The SMILES string of the molecule is NC(=O)c1cc(NC(=O)CCCOc2cccc3ccccc23)ccc1Cl. The number of hydrogen-bond acceptors (Lipinski definition) is 3. The second-order valence-electron chi connectivity index (χ2n) is 6.04. The Kier molecular flexibility index (Phi) is 5.94. The summed E-state index contributed by atoms with van der Waals surface area (Å²) in [6.07, 6.45) is 0.852. The van der Waals surface area contributed by atoms with Crippen LogP contribution in [-0.4, -0.2) is 18.4 Å². The monoisotopic (exact) mass is 382 g/mol. The summed E-state index contributed by atoms with van der Waals surface area (Å²) in [5, 5.41) is 5.14. The molecule has 0 bridgehead atoms. The van der Waals surface area contributed by atoms with Gasteiger partial charge in [0.05, 0.1) is 17.2 Å². The van der Waals surface area contributed by atoms with Crippen LogP contribution < -0.4 is 15.8 Å². The fourth-order valence-corrected chi connectivity index (χ4v) is 2.96. The molecule has 138 valence electrons. The van der Waals surface area contributed by atoms with Crippen molar-refractivity contribution in [1.82, 2.24) is 0 Å². The highest BCUT2D eigenvalue weighted by atomic mass is 35.5. The topological polar surface area (TPSA) is 81.4 Å². The number of amides is 2. The van der Waals surface area contributed by atoms with Gasteiger partial charge in [0.1, 0.15) is 5.75 Å². The third-order valence-corrected chi connectivity index (χ3v) is 4.40. The molecule has 0 aromatic heterocycles. The Hall–Kier alpha value is -3.05. The highest BCUT2D eigenvalue weighted by Gasteiger charge is 2.09. The van der Waals surface area contributed by atoms with Crippen molar-refractivity contribution < 1.29 is 14.3 Å². The number of benzene rings is 3. The predicted molar refractivity (Wildman–Crippen MR) is 107 cm³/mol. The average molecular weight is 383 g/mol. The van der Waals surface area contributed by atoms with Crippen LogP contribution in [0.4, 0.5) is 5.69 Å². The maximum atomic E-state index is 12.1. The molecule has 6 heteroatoms. The fourth-order valence-electron chi connectivity index (χ4n) is 2.75. The molecule has 0 saturated heterocycles. The van der Waals surface area contributed by atoms with Crippen LogP contribution in [0, 0.1) is 0 Å². The molecule has 0 aliphatic heterocycles. The number of nitrogens with one attached hydrogen (secondary N) is 1. The zero-order valence-corrected chi connectivity index (χ0v) is 15.3. The van der Waals surface area contributed by atoms with Crippen molar-refractivity contribution in [3.05, 3.63) is 71.2 Å². The molecule has 3 rings (SSSR count). The van der Waals surface area contributed by atoms with Gasteiger partial charge in [-0.2, -0.15) is 0 Å². The highest BCUT2D eigenvalue weighted by Crippen LogP contribution is 2.25. The molecule has 0 aliphatic rings. The molecule has 0 saturated carbocycles. The Labute approximate surface area is 162 Å². The van der Waals surface area contributed by atoms with Crippen molar-refractivity contribution in [1.29, 1.82) is 0 Å². The van der Waals surface area contributed by atoms with Crippen LogP contribution in [0.3, 0.4) is 0 Å². The smallest absolute Gasteiger partial charge is 0.250 e. The summed E-state index contributed by atoms with van der Waals surface area (Å²) in [4.78, 5) is 23.4. The molecule has 27 heavy (non-hydrogen) atoms. The summed E-state index contributed by atoms with van der Waals surface area (Å²) >= 11 is 5.90. The molecule has 0 unspecified atom stereocenters. The van der Waals surface area contributed by atoms with Gasteiger partial charge in [-0.05, 0) is 36.1 Å². The van der Waals surface area contributed by atoms with Gasteiger partial charge in [0, 0.05) is 17.5 Å². The van der Waals surface area contributed by atoms with Gasteiger partial charge in [-0.3, -0.25) is 9.59 Å². The van der Waals surface area contributed by atoms with Gasteiger partial charge in [-0.25, -0.2) is 0 Å². The molecule has 0 heterocycles. The van der Waals surface area contributed by atoms with E-state index in [0.29, 0.717) is 25.1 Å². The summed E-state index contributed by atoms with van der Waals surface area (Å²) in [7, 11) is 0. The van der Waals surface area contributed by atoms with Crippen molar-refractivity contribution in [2.45, 2.75) is 12.8 Å². The first-order valence-corrected chi connectivity index (χ1v) is 8.92. The lowest BCUT2D eigenvalue weighted by Crippen LogP contribution is -2.15. The van der Waals surface area contributed by atoms with E-state index in [1.165, 1.54) is 12.1 Å². The second kappa shape index (κ2) is 8.56. The maximum absolute atomic E-state index is 12.1. The van der Waals surface area contributed by atoms with E-state index >= 15 is 0 Å². The number of fused-ring (bicyclic) bond motifs is 1. The minimum atomic E-state index is -0.639. The van der Waals surface area contributed by atoms with Crippen LogP contribution in [0.2, 0.25) is 5.02 Å². The van der Waals surface area contributed by atoms with E-state index in [2.05, 4.69) is 5.32 Å². The van der Waals surface area contributed by atoms with Crippen LogP contribution in [0.1, 0.15) is 23.2 Å². The van der Waals surface area contributed by atoms with Crippen LogP contribution in [-0.2, 0) is 4.79 Å². The quantitative estimate of drug-likeness (QED) is 0.594. The molecule has 3 aromatic rings. The van der Waals surface area contributed by atoms with Crippen LogP contribution in [0.15, 0.2) is 60.7 Å². The molecule has 2 amide bonds. The summed E-state index contributed by atoms with van der Waals surface area (Å²) in [5.74, 6) is -0.00819. The van der Waals surface area contributed by atoms with Crippen LogP contribution in [0.5, 0.6) is 5.75 Å². The first-order valence-electron chi connectivity index (χ1n) is 8.54. The van der Waals surface area contributed by atoms with Crippen LogP contribution in [0.25, 0.3) is 10.8 Å². The molecule has 0 spiro atoms. The molecular formula is C21H19ClN2O3. The number of nitrogens with two attached hydrogens (primary N) is 1. The minimum absolute atomic E-state index is 0.172. The van der Waals surface area contributed by atoms with Crippen molar-refractivity contribution in [3.63, 3.8) is 0 Å². The first kappa shape index (κ1) is 18.7. The van der Waals surface area contributed by atoms with Gasteiger partial charge in [0.25, 0.3) is 0 Å². The number of ether oxygens (including phenoxy) is 1. The Morgan fingerprint density at radius 2 is 1.81 bits per heavy atom. The van der Waals surface area contributed by atoms with Crippen molar-refractivity contribution in [3.8, 4) is 5.75 Å². The van der Waals surface area contributed by atoms with Crippen molar-refractivity contribution in [2.24, 2.45) is 5.73 Å². The Morgan fingerprint density at radius 3 is 2.63 bits per heavy atom. The summed E-state index contributed by atoms with van der Waals surface area (Å²) < 4.78 is 5.83. The lowest BCUT2D eigenvalue weighted by Gasteiger charge is -2.10. The van der Waals surface area contributed by atoms with Crippen molar-refractivity contribution in [2.75, 3.05) is 11.9 Å². The first-order chi connectivity index (χ1) is 13.0. The standard InChI is InChI=1S/C21H19ClN2O3/c22-18-11-10-15(13-17(18)21(23)26)24-20(25)9-4-12-27-19-8-3-6-14-5-1-2-7-16(14)19/h1-3,5-8,10-11,13H,4,9,12H2,(H2,23,26)(H,24,25). The number of primary amides is 1. The van der Waals surface area contributed by atoms with Gasteiger partial charge in [0.15, 0.2) is 0 Å². The van der Waals surface area contributed by atoms with E-state index in [-0.39, 0.29) is 16.5 Å². The molecular weight excluding hydrogens is 364 g/mol. The number of rotatable bonds is 7. The maximum Gasteiger partial charge on any atom is 0.250 e. The van der Waals surface area contributed by atoms with Gasteiger partial charge < -0.3 is 15.8 Å². The van der Waals surface area contributed by atoms with E-state index in [4.69, 9.17) is 22.1 Å². The third-order valence-electron chi connectivity index (χ3n) is 4.07. The number of anilines is 1. The molecule has 0 radical (unpaired) electrons. The van der Waals surface area contributed by atoms with E-state index < -0.39 is 5.91 Å². The number of halogens is 1. The zero-order chi connectivity index (χ0) is 19.2. The second-order valence-corrected chi connectivity index (χ2v) is 6.44. The van der Waals surface area contributed by atoms with E-state index in [0.717, 1.165) is 16.5 Å².